The molecule has 0 aliphatic rings. The van der Waals surface area contributed by atoms with Crippen LogP contribution >= 0.6 is 0 Å². The Morgan fingerprint density at radius 2 is 0.797 bits per heavy atom. The van der Waals surface area contributed by atoms with Crippen molar-refractivity contribution < 1.29 is 8.83 Å². The fourth-order valence-electron chi connectivity index (χ4n) is 8.91. The lowest BCUT2D eigenvalue weighted by atomic mass is 9.99. The van der Waals surface area contributed by atoms with Crippen LogP contribution in [-0.4, -0.2) is 0 Å². The first kappa shape index (κ1) is 33.3. The molecule has 0 fully saturated rings. The van der Waals surface area contributed by atoms with E-state index in [0.29, 0.717) is 0 Å². The van der Waals surface area contributed by atoms with Crippen LogP contribution in [0.1, 0.15) is 0 Å². The van der Waals surface area contributed by atoms with Gasteiger partial charge in [-0.25, -0.2) is 0 Å². The zero-order chi connectivity index (χ0) is 38.9. The minimum atomic E-state index is 0.889. The molecular weight excluding hydrogens is 719 g/mol. The summed E-state index contributed by atoms with van der Waals surface area (Å²) in [5.74, 6) is 0. The first-order valence-corrected chi connectivity index (χ1v) is 20.1. The van der Waals surface area contributed by atoms with E-state index < -0.39 is 0 Å². The smallest absolute Gasteiger partial charge is 0.143 e. The van der Waals surface area contributed by atoms with Gasteiger partial charge in [-0.1, -0.05) is 146 Å². The molecule has 0 spiro atoms. The third kappa shape index (κ3) is 5.59. The van der Waals surface area contributed by atoms with Gasteiger partial charge < -0.3 is 13.7 Å². The van der Waals surface area contributed by atoms with Crippen molar-refractivity contribution in [1.82, 2.24) is 0 Å². The lowest BCUT2D eigenvalue weighted by molar-refractivity contribution is 0.669. The third-order valence-electron chi connectivity index (χ3n) is 11.9. The van der Waals surface area contributed by atoms with Gasteiger partial charge in [0.15, 0.2) is 0 Å². The van der Waals surface area contributed by atoms with Crippen LogP contribution in [0.4, 0.5) is 17.1 Å². The highest BCUT2D eigenvalue weighted by Gasteiger charge is 2.17. The Labute approximate surface area is 340 Å². The third-order valence-corrected chi connectivity index (χ3v) is 11.9. The molecule has 0 N–H and O–H groups in total. The first-order chi connectivity index (χ1) is 29.2. The maximum atomic E-state index is 6.49. The van der Waals surface area contributed by atoms with E-state index in [9.17, 15) is 0 Å². The molecule has 3 nitrogen and oxygen atoms in total. The molecule has 0 unspecified atom stereocenters. The van der Waals surface area contributed by atoms with Gasteiger partial charge in [0, 0.05) is 44.2 Å². The number of hydrogen-bond donors (Lipinski definition) is 0. The molecule has 0 atom stereocenters. The summed E-state index contributed by atoms with van der Waals surface area (Å²) in [4.78, 5) is 2.36. The molecule has 2 heterocycles. The number of anilines is 3. The van der Waals surface area contributed by atoms with Crippen LogP contribution in [0.2, 0.25) is 0 Å². The summed E-state index contributed by atoms with van der Waals surface area (Å²) in [5, 5.41) is 9.44. The molecule has 0 bridgehead atoms. The molecule has 0 amide bonds. The van der Waals surface area contributed by atoms with E-state index in [-0.39, 0.29) is 0 Å². The van der Waals surface area contributed by atoms with E-state index in [1.807, 2.05) is 18.2 Å². The molecule has 0 saturated carbocycles. The maximum Gasteiger partial charge on any atom is 0.143 e. The Morgan fingerprint density at radius 1 is 0.271 bits per heavy atom. The molecule has 12 rings (SSSR count). The van der Waals surface area contributed by atoms with Crippen molar-refractivity contribution in [3.8, 4) is 33.4 Å². The minimum Gasteiger partial charge on any atom is -0.456 e. The predicted molar refractivity (Wildman–Crippen MR) is 247 cm³/mol. The highest BCUT2D eigenvalue weighted by Crippen LogP contribution is 2.41. The molecule has 276 valence electrons. The summed E-state index contributed by atoms with van der Waals surface area (Å²) in [6.45, 7) is 0. The van der Waals surface area contributed by atoms with E-state index in [1.54, 1.807) is 0 Å². The summed E-state index contributed by atoms with van der Waals surface area (Å²) < 4.78 is 12.6. The molecule has 10 aromatic carbocycles. The summed E-state index contributed by atoms with van der Waals surface area (Å²) in [5.41, 5.74) is 13.7. The van der Waals surface area contributed by atoms with Gasteiger partial charge in [-0.15, -0.1) is 0 Å². The average molecular weight is 754 g/mol. The molecule has 0 radical (unpaired) electrons. The van der Waals surface area contributed by atoms with Gasteiger partial charge in [-0.3, -0.25) is 0 Å². The van der Waals surface area contributed by atoms with Crippen LogP contribution < -0.4 is 4.90 Å². The van der Waals surface area contributed by atoms with Crippen molar-refractivity contribution in [2.24, 2.45) is 0 Å². The highest BCUT2D eigenvalue weighted by atomic mass is 16.3. The van der Waals surface area contributed by atoms with Gasteiger partial charge in [0.25, 0.3) is 0 Å². The molecule has 59 heavy (non-hydrogen) atoms. The predicted octanol–water partition coefficient (Wildman–Crippen LogP) is 16.3. The van der Waals surface area contributed by atoms with E-state index in [2.05, 4.69) is 199 Å². The number of nitrogens with zero attached hydrogens (tertiary/aromatic N) is 1. The zero-order valence-electron chi connectivity index (χ0n) is 32.0. The van der Waals surface area contributed by atoms with E-state index in [1.165, 1.54) is 21.5 Å². The fourth-order valence-corrected chi connectivity index (χ4v) is 8.91. The number of furan rings is 2. The normalized spacial score (nSPS) is 11.7. The Balaban J connectivity index is 0.947. The monoisotopic (exact) mass is 753 g/mol. The van der Waals surface area contributed by atoms with Crippen molar-refractivity contribution in [1.29, 1.82) is 0 Å². The van der Waals surface area contributed by atoms with E-state index in [0.717, 1.165) is 94.3 Å². The zero-order valence-corrected chi connectivity index (χ0v) is 32.0. The number of hydrogen-bond acceptors (Lipinski definition) is 3. The number of rotatable bonds is 6. The summed E-state index contributed by atoms with van der Waals surface area (Å²) in [6, 6.07) is 75.9. The van der Waals surface area contributed by atoms with Crippen molar-refractivity contribution in [3.05, 3.63) is 212 Å². The van der Waals surface area contributed by atoms with Crippen molar-refractivity contribution >= 4 is 82.5 Å². The Morgan fingerprint density at radius 3 is 1.53 bits per heavy atom. The van der Waals surface area contributed by atoms with Crippen LogP contribution in [0.15, 0.2) is 221 Å². The first-order valence-electron chi connectivity index (χ1n) is 20.1. The largest absolute Gasteiger partial charge is 0.456 e. The van der Waals surface area contributed by atoms with Gasteiger partial charge in [0.2, 0.25) is 0 Å². The Kier molecular flexibility index (Phi) is 7.54. The van der Waals surface area contributed by atoms with Crippen LogP contribution in [0.3, 0.4) is 0 Å². The second kappa shape index (κ2) is 13.4. The molecule has 3 heteroatoms. The molecule has 12 aromatic rings. The quantitative estimate of drug-likeness (QED) is 0.158. The number of para-hydroxylation sites is 2. The van der Waals surface area contributed by atoms with E-state index in [4.69, 9.17) is 8.83 Å². The molecule has 2 aromatic heterocycles. The molecule has 0 aliphatic carbocycles. The van der Waals surface area contributed by atoms with E-state index >= 15 is 0 Å². The topological polar surface area (TPSA) is 29.5 Å². The maximum absolute atomic E-state index is 6.49. The average Bonchev–Trinajstić information content (AvgIpc) is 3.88. The SMILES string of the molecule is c1ccc(-c2cccc3c2oc2ccc(-c4ccc(N(c5ccc(-c6ccc7oc8ccccc8c7c6)cc5)c5ccc6ccc7ccccc7c6c5)cc4)cc23)cc1. The van der Waals surface area contributed by atoms with Gasteiger partial charge in [-0.2, -0.15) is 0 Å². The van der Waals surface area contributed by atoms with Crippen molar-refractivity contribution in [2.45, 2.75) is 0 Å². The second-order valence-corrected chi connectivity index (χ2v) is 15.3. The molecule has 0 aliphatic heterocycles. The second-order valence-electron chi connectivity index (χ2n) is 15.3. The van der Waals surface area contributed by atoms with Crippen LogP contribution in [-0.2, 0) is 0 Å². The summed E-state index contributed by atoms with van der Waals surface area (Å²) in [6.07, 6.45) is 0. The van der Waals surface area contributed by atoms with Gasteiger partial charge in [0.05, 0.1) is 0 Å². The number of benzene rings is 10. The van der Waals surface area contributed by atoms with Crippen LogP contribution in [0.5, 0.6) is 0 Å². The van der Waals surface area contributed by atoms with Crippen LogP contribution in [0, 0.1) is 0 Å². The minimum absolute atomic E-state index is 0.889. The molecular formula is C56H35NO2. The van der Waals surface area contributed by atoms with Crippen LogP contribution in [0.25, 0.3) is 98.8 Å². The summed E-state index contributed by atoms with van der Waals surface area (Å²) in [7, 11) is 0. The van der Waals surface area contributed by atoms with Gasteiger partial charge in [-0.05, 0) is 116 Å². The summed E-state index contributed by atoms with van der Waals surface area (Å²) >= 11 is 0. The lowest BCUT2D eigenvalue weighted by Gasteiger charge is -2.26. The van der Waals surface area contributed by atoms with Gasteiger partial charge >= 0.3 is 0 Å². The standard InChI is InChI=1S/C56H35NO2/c1-2-9-38(10-3-1)47-14-8-15-49-52-34-42(25-32-55(52)59-56(47)49)37-21-28-44(29-22-37)57(45-30-23-40-18-17-39-11-4-5-12-46(39)50(40)35-45)43-26-19-36(20-27-43)41-24-31-54-51(33-41)48-13-6-7-16-53(48)58-54/h1-35H. The lowest BCUT2D eigenvalue weighted by Crippen LogP contribution is -2.09. The Bertz CT molecular complexity index is 3540. The number of fused-ring (bicyclic) bond motifs is 9. The van der Waals surface area contributed by atoms with Crippen molar-refractivity contribution in [3.63, 3.8) is 0 Å². The highest BCUT2D eigenvalue weighted by molar-refractivity contribution is 6.11. The van der Waals surface area contributed by atoms with Gasteiger partial charge in [0.1, 0.15) is 22.3 Å². The fraction of sp³-hybridized carbons (Fsp3) is 0. The molecule has 0 saturated heterocycles. The van der Waals surface area contributed by atoms with Crippen molar-refractivity contribution in [2.75, 3.05) is 4.90 Å². The Hall–Kier alpha value is -7.88.